The zero-order valence-corrected chi connectivity index (χ0v) is 21.6. The van der Waals surface area contributed by atoms with E-state index in [-0.39, 0.29) is 0 Å². The van der Waals surface area contributed by atoms with E-state index in [9.17, 15) is 4.79 Å². The number of aryl methyl sites for hydroxylation is 1. The highest BCUT2D eigenvalue weighted by Gasteiger charge is 2.18. The van der Waals surface area contributed by atoms with Crippen LogP contribution in [0.4, 0.5) is 10.5 Å². The van der Waals surface area contributed by atoms with E-state index in [1.807, 2.05) is 55.5 Å². The summed E-state index contributed by atoms with van der Waals surface area (Å²) in [5, 5.41) is 3.19. The van der Waals surface area contributed by atoms with Crippen molar-refractivity contribution in [3.05, 3.63) is 120 Å². The molecule has 0 aliphatic carbocycles. The molecule has 1 aromatic heterocycles. The van der Waals surface area contributed by atoms with Gasteiger partial charge in [-0.3, -0.25) is 5.32 Å². The van der Waals surface area contributed by atoms with Crippen LogP contribution >= 0.6 is 11.6 Å². The van der Waals surface area contributed by atoms with E-state index in [4.69, 9.17) is 26.1 Å². The van der Waals surface area contributed by atoms with Gasteiger partial charge in [0.25, 0.3) is 0 Å². The summed E-state index contributed by atoms with van der Waals surface area (Å²) in [6.07, 6.45) is -0.598. The van der Waals surface area contributed by atoms with Gasteiger partial charge in [0.05, 0.1) is 17.9 Å². The summed E-state index contributed by atoms with van der Waals surface area (Å²) in [5.74, 6) is 1.99. The molecule has 6 nitrogen and oxygen atoms in total. The van der Waals surface area contributed by atoms with Crippen molar-refractivity contribution in [2.24, 2.45) is 0 Å². The molecule has 190 valence electrons. The van der Waals surface area contributed by atoms with E-state index in [1.165, 1.54) is 0 Å². The Balaban J connectivity index is 1.24. The quantitative estimate of drug-likeness (QED) is 0.225. The Morgan fingerprint density at radius 1 is 0.842 bits per heavy atom. The topological polar surface area (TPSA) is 65.4 Å². The lowest BCUT2D eigenvalue weighted by atomic mass is 10.0. The van der Waals surface area contributed by atoms with Crippen molar-refractivity contribution in [3.8, 4) is 34.0 Å². The van der Waals surface area contributed by atoms with Crippen LogP contribution in [0, 0.1) is 6.92 Å². The number of hydrogen-bond donors (Lipinski definition) is 1. The summed E-state index contributed by atoms with van der Waals surface area (Å²) in [4.78, 5) is 17.1. The van der Waals surface area contributed by atoms with Gasteiger partial charge in [0.1, 0.15) is 23.9 Å². The molecule has 0 radical (unpaired) electrons. The van der Waals surface area contributed by atoms with Gasteiger partial charge in [-0.1, -0.05) is 78.3 Å². The average molecular weight is 524 g/mol. The molecule has 1 amide bonds. The molecule has 5 aromatic rings. The Labute approximate surface area is 226 Å². The number of carbonyl (C=O) groups is 1. The first-order valence-electron chi connectivity index (χ1n) is 12.2. The SMILES string of the molecule is Cc1nc(-c2ccccc2)c(-c2ccccc2)n1CCOc1ccc(NC(=O)Oc2cccc(Cl)c2)cc1. The van der Waals surface area contributed by atoms with Crippen molar-refractivity contribution in [1.29, 1.82) is 0 Å². The van der Waals surface area contributed by atoms with Crippen LogP contribution in [0.1, 0.15) is 5.82 Å². The van der Waals surface area contributed by atoms with Crippen LogP contribution in [0.3, 0.4) is 0 Å². The van der Waals surface area contributed by atoms with E-state index in [0.717, 1.165) is 28.3 Å². The van der Waals surface area contributed by atoms with Gasteiger partial charge in [0, 0.05) is 21.8 Å². The van der Waals surface area contributed by atoms with E-state index >= 15 is 0 Å². The number of nitrogens with zero attached hydrogens (tertiary/aromatic N) is 2. The number of amides is 1. The Hall–Kier alpha value is -4.55. The van der Waals surface area contributed by atoms with Gasteiger partial charge in [-0.25, -0.2) is 9.78 Å². The Morgan fingerprint density at radius 3 is 2.21 bits per heavy atom. The number of nitrogens with one attached hydrogen (secondary N) is 1. The summed E-state index contributed by atoms with van der Waals surface area (Å²) in [7, 11) is 0. The maximum atomic E-state index is 12.2. The number of imidazole rings is 1. The Bertz CT molecular complexity index is 1520. The zero-order valence-electron chi connectivity index (χ0n) is 20.8. The molecule has 0 aliphatic heterocycles. The summed E-state index contributed by atoms with van der Waals surface area (Å²) >= 11 is 5.93. The standard InChI is InChI=1S/C31H26ClN3O3/c1-22-33-29(23-9-4-2-5-10-23)30(24-11-6-3-7-12-24)35(22)19-20-37-27-17-15-26(16-18-27)34-31(36)38-28-14-8-13-25(32)21-28/h2-18,21H,19-20H2,1H3,(H,34,36). The molecule has 0 saturated heterocycles. The van der Waals surface area contributed by atoms with Gasteiger partial charge in [-0.2, -0.15) is 0 Å². The maximum absolute atomic E-state index is 12.2. The van der Waals surface area contributed by atoms with Crippen LogP contribution in [0.5, 0.6) is 11.5 Å². The van der Waals surface area contributed by atoms with Gasteiger partial charge in [-0.15, -0.1) is 0 Å². The van der Waals surface area contributed by atoms with Gasteiger partial charge in [0.15, 0.2) is 0 Å². The highest BCUT2D eigenvalue weighted by atomic mass is 35.5. The largest absolute Gasteiger partial charge is 0.492 e. The number of benzene rings is 4. The van der Waals surface area contributed by atoms with Crippen LogP contribution in [-0.2, 0) is 6.54 Å². The van der Waals surface area contributed by atoms with Crippen LogP contribution in [0.2, 0.25) is 5.02 Å². The lowest BCUT2D eigenvalue weighted by Gasteiger charge is -2.13. The molecule has 0 spiro atoms. The molecule has 0 aliphatic rings. The number of halogens is 1. The van der Waals surface area contributed by atoms with Crippen molar-refractivity contribution < 1.29 is 14.3 Å². The highest BCUT2D eigenvalue weighted by Crippen LogP contribution is 2.32. The second-order valence-corrected chi connectivity index (χ2v) is 9.02. The molecule has 0 unspecified atom stereocenters. The van der Waals surface area contributed by atoms with Gasteiger partial charge in [-0.05, 0) is 49.4 Å². The molecule has 1 N–H and O–H groups in total. The number of aromatic nitrogens is 2. The zero-order chi connectivity index (χ0) is 26.3. The van der Waals surface area contributed by atoms with E-state index in [2.05, 4.69) is 34.1 Å². The Kier molecular flexibility index (Phi) is 7.71. The third-order valence-electron chi connectivity index (χ3n) is 5.94. The normalized spacial score (nSPS) is 10.7. The summed E-state index contributed by atoms with van der Waals surface area (Å²) in [5.41, 5.74) is 4.79. The summed E-state index contributed by atoms with van der Waals surface area (Å²) in [6.45, 7) is 3.10. The van der Waals surface area contributed by atoms with Crippen LogP contribution in [-0.4, -0.2) is 22.3 Å². The number of carbonyl (C=O) groups excluding carboxylic acids is 1. The van der Waals surface area contributed by atoms with Crippen LogP contribution in [0.15, 0.2) is 109 Å². The molecule has 4 aromatic carbocycles. The minimum atomic E-state index is -0.598. The lowest BCUT2D eigenvalue weighted by molar-refractivity contribution is 0.215. The minimum absolute atomic E-state index is 0.370. The molecular weight excluding hydrogens is 498 g/mol. The molecule has 0 bridgehead atoms. The number of ether oxygens (including phenoxy) is 2. The third kappa shape index (κ3) is 6.05. The second kappa shape index (κ2) is 11.7. The van der Waals surface area contributed by atoms with Crippen LogP contribution in [0.25, 0.3) is 22.5 Å². The average Bonchev–Trinajstić information content (AvgIpc) is 3.26. The van der Waals surface area contributed by atoms with Crippen molar-refractivity contribution in [2.75, 3.05) is 11.9 Å². The first kappa shape index (κ1) is 25.1. The molecular formula is C31H26ClN3O3. The minimum Gasteiger partial charge on any atom is -0.492 e. The smallest absolute Gasteiger partial charge is 0.417 e. The molecule has 0 atom stereocenters. The van der Waals surface area contributed by atoms with E-state index < -0.39 is 6.09 Å². The van der Waals surface area contributed by atoms with Crippen LogP contribution < -0.4 is 14.8 Å². The lowest BCUT2D eigenvalue weighted by Crippen LogP contribution is -2.16. The molecule has 38 heavy (non-hydrogen) atoms. The highest BCUT2D eigenvalue weighted by molar-refractivity contribution is 6.30. The predicted octanol–water partition coefficient (Wildman–Crippen LogP) is 7.87. The van der Waals surface area contributed by atoms with Gasteiger partial charge in [0.2, 0.25) is 0 Å². The maximum Gasteiger partial charge on any atom is 0.417 e. The second-order valence-electron chi connectivity index (χ2n) is 8.58. The third-order valence-corrected chi connectivity index (χ3v) is 6.18. The van der Waals surface area contributed by atoms with Crippen molar-refractivity contribution >= 4 is 23.4 Å². The number of rotatable bonds is 8. The first-order valence-corrected chi connectivity index (χ1v) is 12.6. The fourth-order valence-electron chi connectivity index (χ4n) is 4.19. The van der Waals surface area contributed by atoms with Gasteiger partial charge >= 0.3 is 6.09 Å². The number of anilines is 1. The predicted molar refractivity (Wildman–Crippen MR) is 151 cm³/mol. The van der Waals surface area contributed by atoms with E-state index in [0.29, 0.717) is 35.4 Å². The number of hydrogen-bond acceptors (Lipinski definition) is 4. The molecule has 7 heteroatoms. The fraction of sp³-hybridized carbons (Fsp3) is 0.0968. The molecule has 0 fully saturated rings. The Morgan fingerprint density at radius 2 is 1.53 bits per heavy atom. The monoisotopic (exact) mass is 523 g/mol. The molecule has 5 rings (SSSR count). The first-order chi connectivity index (χ1) is 18.6. The van der Waals surface area contributed by atoms with Crippen molar-refractivity contribution in [2.45, 2.75) is 13.5 Å². The molecule has 0 saturated carbocycles. The summed E-state index contributed by atoms with van der Waals surface area (Å²) in [6, 6.07) is 34.3. The van der Waals surface area contributed by atoms with Crippen molar-refractivity contribution in [1.82, 2.24) is 9.55 Å². The fourth-order valence-corrected chi connectivity index (χ4v) is 4.37. The van der Waals surface area contributed by atoms with Crippen molar-refractivity contribution in [3.63, 3.8) is 0 Å². The molecule has 1 heterocycles. The summed E-state index contributed by atoms with van der Waals surface area (Å²) < 4.78 is 13.5. The van der Waals surface area contributed by atoms with Gasteiger partial charge < -0.3 is 14.0 Å². The van der Waals surface area contributed by atoms with E-state index in [1.54, 1.807) is 36.4 Å².